The van der Waals surface area contributed by atoms with Gasteiger partial charge in [0.2, 0.25) is 0 Å². The fraction of sp³-hybridized carbons (Fsp3) is 0.161. The van der Waals surface area contributed by atoms with Gasteiger partial charge >= 0.3 is 0 Å². The SMILES string of the molecule is Cc1ccc2cc(-c3cc4ccc5cc(C(C)(C)C)cc6ccc(c3)c4c56)ccc2c1. The van der Waals surface area contributed by atoms with Crippen LogP contribution in [0.25, 0.3) is 54.2 Å². The van der Waals surface area contributed by atoms with Gasteiger partial charge in [-0.15, -0.1) is 0 Å². The molecule has 0 nitrogen and oxygen atoms in total. The monoisotopic (exact) mass is 398 g/mol. The Morgan fingerprint density at radius 2 is 0.903 bits per heavy atom. The molecule has 0 heteroatoms. The summed E-state index contributed by atoms with van der Waals surface area (Å²) in [7, 11) is 0. The van der Waals surface area contributed by atoms with Crippen molar-refractivity contribution in [2.75, 3.05) is 0 Å². The van der Waals surface area contributed by atoms with Gasteiger partial charge in [0.25, 0.3) is 0 Å². The van der Waals surface area contributed by atoms with E-state index >= 15 is 0 Å². The molecule has 0 saturated heterocycles. The molecule has 6 aromatic carbocycles. The minimum atomic E-state index is 0.145. The molecule has 0 aliphatic carbocycles. The van der Waals surface area contributed by atoms with Crippen molar-refractivity contribution in [3.05, 3.63) is 96.1 Å². The van der Waals surface area contributed by atoms with Gasteiger partial charge in [-0.1, -0.05) is 93.1 Å². The van der Waals surface area contributed by atoms with E-state index < -0.39 is 0 Å². The zero-order chi connectivity index (χ0) is 21.3. The minimum absolute atomic E-state index is 0.145. The lowest BCUT2D eigenvalue weighted by Crippen LogP contribution is -2.10. The van der Waals surface area contributed by atoms with Gasteiger partial charge in [-0.3, -0.25) is 0 Å². The van der Waals surface area contributed by atoms with Crippen molar-refractivity contribution < 1.29 is 0 Å². The molecule has 0 aliphatic heterocycles. The van der Waals surface area contributed by atoms with E-state index in [0.717, 1.165) is 0 Å². The van der Waals surface area contributed by atoms with E-state index in [2.05, 4.69) is 113 Å². The summed E-state index contributed by atoms with van der Waals surface area (Å²) >= 11 is 0. The zero-order valence-electron chi connectivity index (χ0n) is 18.6. The number of benzene rings is 6. The molecule has 6 rings (SSSR count). The van der Waals surface area contributed by atoms with Crippen LogP contribution in [0.4, 0.5) is 0 Å². The van der Waals surface area contributed by atoms with Crippen molar-refractivity contribution in [2.45, 2.75) is 33.1 Å². The minimum Gasteiger partial charge on any atom is -0.0587 e. The van der Waals surface area contributed by atoms with Gasteiger partial charge < -0.3 is 0 Å². The molecule has 0 heterocycles. The maximum Gasteiger partial charge on any atom is -0.00264 e. The molecule has 0 aromatic heterocycles. The molecule has 0 aliphatic rings. The van der Waals surface area contributed by atoms with Crippen molar-refractivity contribution in [3.8, 4) is 11.1 Å². The molecule has 0 unspecified atom stereocenters. The Balaban J connectivity index is 1.60. The summed E-state index contributed by atoms with van der Waals surface area (Å²) in [5.41, 5.74) is 5.40. The van der Waals surface area contributed by atoms with Gasteiger partial charge in [-0.2, -0.15) is 0 Å². The standard InChI is InChI=1S/C31H26/c1-19-5-6-21-14-22(8-7-20(21)13-19)27-15-23-9-11-25-17-28(31(2,3)4)18-26-12-10-24(16-27)29(23)30(25)26/h5-18H,1-4H3. The molecule has 0 atom stereocenters. The Morgan fingerprint density at radius 1 is 0.452 bits per heavy atom. The van der Waals surface area contributed by atoms with Crippen LogP contribution in [0.1, 0.15) is 31.9 Å². The van der Waals surface area contributed by atoms with Crippen LogP contribution in [0.5, 0.6) is 0 Å². The normalized spacial score (nSPS) is 12.5. The molecule has 0 fully saturated rings. The third kappa shape index (κ3) is 2.90. The lowest BCUT2D eigenvalue weighted by Gasteiger charge is -2.21. The quantitative estimate of drug-likeness (QED) is 0.242. The van der Waals surface area contributed by atoms with Crippen molar-refractivity contribution in [1.82, 2.24) is 0 Å². The second-order valence-corrected chi connectivity index (χ2v) is 10.0. The van der Waals surface area contributed by atoms with E-state index in [1.165, 1.54) is 65.3 Å². The highest BCUT2D eigenvalue weighted by molar-refractivity contribution is 6.24. The van der Waals surface area contributed by atoms with E-state index in [-0.39, 0.29) is 5.41 Å². The molecule has 6 aromatic rings. The van der Waals surface area contributed by atoms with Crippen molar-refractivity contribution in [3.63, 3.8) is 0 Å². The van der Waals surface area contributed by atoms with Crippen LogP contribution in [0.2, 0.25) is 0 Å². The summed E-state index contributed by atoms with van der Waals surface area (Å²) in [6, 6.07) is 32.1. The predicted molar refractivity (Wildman–Crippen MR) is 137 cm³/mol. The molecule has 0 N–H and O–H groups in total. The van der Waals surface area contributed by atoms with E-state index in [9.17, 15) is 0 Å². The van der Waals surface area contributed by atoms with Crippen LogP contribution < -0.4 is 0 Å². The van der Waals surface area contributed by atoms with Crippen molar-refractivity contribution >= 4 is 43.1 Å². The molecule has 150 valence electrons. The number of rotatable bonds is 1. The third-order valence-electron chi connectivity index (χ3n) is 6.73. The van der Waals surface area contributed by atoms with Gasteiger partial charge in [-0.25, -0.2) is 0 Å². The summed E-state index contributed by atoms with van der Waals surface area (Å²) in [6.45, 7) is 9.02. The summed E-state index contributed by atoms with van der Waals surface area (Å²) in [4.78, 5) is 0. The molecule has 0 saturated carbocycles. The van der Waals surface area contributed by atoms with E-state index in [0.29, 0.717) is 0 Å². The van der Waals surface area contributed by atoms with Crippen molar-refractivity contribution in [2.24, 2.45) is 0 Å². The lowest BCUT2D eigenvalue weighted by atomic mass is 9.83. The van der Waals surface area contributed by atoms with Crippen LogP contribution in [-0.4, -0.2) is 0 Å². The second kappa shape index (κ2) is 6.31. The van der Waals surface area contributed by atoms with Gasteiger partial charge in [0, 0.05) is 0 Å². The largest absolute Gasteiger partial charge is 0.0587 e. The maximum atomic E-state index is 2.38. The van der Waals surface area contributed by atoms with E-state index in [4.69, 9.17) is 0 Å². The smallest absolute Gasteiger partial charge is 0.00264 e. The first-order chi connectivity index (χ1) is 14.9. The first kappa shape index (κ1) is 18.4. The number of fused-ring (bicyclic) bond motifs is 1. The number of hydrogen-bond acceptors (Lipinski definition) is 0. The highest BCUT2D eigenvalue weighted by Crippen LogP contribution is 2.39. The van der Waals surface area contributed by atoms with E-state index in [1.54, 1.807) is 0 Å². The molecule has 0 amide bonds. The Hall–Kier alpha value is -3.38. The van der Waals surface area contributed by atoms with Gasteiger partial charge in [0.1, 0.15) is 0 Å². The first-order valence-corrected chi connectivity index (χ1v) is 11.1. The van der Waals surface area contributed by atoms with Gasteiger partial charge in [0.15, 0.2) is 0 Å². The molecule has 0 spiro atoms. The summed E-state index contributed by atoms with van der Waals surface area (Å²) in [5.74, 6) is 0. The Labute approximate surface area is 183 Å². The summed E-state index contributed by atoms with van der Waals surface area (Å²) in [6.07, 6.45) is 0. The van der Waals surface area contributed by atoms with Crippen LogP contribution >= 0.6 is 0 Å². The number of hydrogen-bond donors (Lipinski definition) is 0. The second-order valence-electron chi connectivity index (χ2n) is 10.0. The van der Waals surface area contributed by atoms with Crippen LogP contribution in [0, 0.1) is 6.92 Å². The predicted octanol–water partition coefficient (Wildman–Crippen LogP) is 9.01. The summed E-state index contributed by atoms with van der Waals surface area (Å²) < 4.78 is 0. The Kier molecular flexibility index (Phi) is 3.74. The first-order valence-electron chi connectivity index (χ1n) is 11.1. The van der Waals surface area contributed by atoms with E-state index in [1.807, 2.05) is 0 Å². The Morgan fingerprint density at radius 3 is 1.48 bits per heavy atom. The van der Waals surface area contributed by atoms with Crippen LogP contribution in [0.15, 0.2) is 84.9 Å². The molecule has 0 radical (unpaired) electrons. The average molecular weight is 399 g/mol. The number of aryl methyl sites for hydroxylation is 1. The molecule has 0 bridgehead atoms. The maximum absolute atomic E-state index is 2.38. The zero-order valence-corrected chi connectivity index (χ0v) is 18.6. The fourth-order valence-corrected chi connectivity index (χ4v) is 4.98. The highest BCUT2D eigenvalue weighted by Gasteiger charge is 2.17. The van der Waals surface area contributed by atoms with Crippen molar-refractivity contribution in [1.29, 1.82) is 0 Å². The fourth-order valence-electron chi connectivity index (χ4n) is 4.98. The summed E-state index contributed by atoms with van der Waals surface area (Å²) in [5, 5.41) is 10.7. The average Bonchev–Trinajstić information content (AvgIpc) is 2.76. The topological polar surface area (TPSA) is 0 Å². The van der Waals surface area contributed by atoms with Crippen LogP contribution in [0.3, 0.4) is 0 Å². The third-order valence-corrected chi connectivity index (χ3v) is 6.73. The van der Waals surface area contributed by atoms with Crippen LogP contribution in [-0.2, 0) is 5.41 Å². The molecular weight excluding hydrogens is 372 g/mol. The van der Waals surface area contributed by atoms with Gasteiger partial charge in [-0.05, 0) is 90.3 Å². The Bertz CT molecular complexity index is 1540. The molecule has 31 heavy (non-hydrogen) atoms. The molecular formula is C31H26. The highest BCUT2D eigenvalue weighted by atomic mass is 14.2. The lowest BCUT2D eigenvalue weighted by molar-refractivity contribution is 0.591. The van der Waals surface area contributed by atoms with Gasteiger partial charge in [0.05, 0.1) is 0 Å².